The average Bonchev–Trinajstić information content (AvgIpc) is 3.19. The van der Waals surface area contributed by atoms with Crippen LogP contribution in [0, 0.1) is 5.82 Å². The van der Waals surface area contributed by atoms with E-state index in [2.05, 4.69) is 27.0 Å². The van der Waals surface area contributed by atoms with Gasteiger partial charge in [-0.25, -0.2) is 0 Å². The summed E-state index contributed by atoms with van der Waals surface area (Å²) in [6.45, 7) is 6.71. The number of nitrogens with zero attached hydrogens (tertiary/aromatic N) is 4. The van der Waals surface area contributed by atoms with Gasteiger partial charge in [-0.1, -0.05) is 0 Å². The number of amides is 2. The molecule has 0 spiro atoms. The van der Waals surface area contributed by atoms with E-state index in [4.69, 9.17) is 33.7 Å². The van der Waals surface area contributed by atoms with Crippen molar-refractivity contribution in [1.29, 1.82) is 0 Å². The van der Waals surface area contributed by atoms with Crippen LogP contribution in [-0.4, -0.2) is 72.2 Å². The number of nitrogen functional groups attached to an aromatic ring is 1. The SMILES string of the molecule is C=C(B=O)C(Oc1cc(C(=O)Nc2ccc(C(=O)N3CCCN(C)CC3)cc2)nnc1N)c1c(Cl)ccc(F)c1Cl. The minimum absolute atomic E-state index is 0.0214. The molecule has 2 aromatic carbocycles. The summed E-state index contributed by atoms with van der Waals surface area (Å²) in [7, 11) is 2.43. The molecule has 0 saturated carbocycles. The molecule has 2 heterocycles. The van der Waals surface area contributed by atoms with Crippen LogP contribution in [0.3, 0.4) is 0 Å². The van der Waals surface area contributed by atoms with Gasteiger partial charge in [-0.3, -0.25) is 4.79 Å². The van der Waals surface area contributed by atoms with Gasteiger partial charge in [0, 0.05) is 19.6 Å². The van der Waals surface area contributed by atoms with Gasteiger partial charge in [0.1, 0.15) is 0 Å². The first kappa shape index (κ1) is 30.1. The Morgan fingerprint density at radius 1 is 1.12 bits per heavy atom. The number of aromatic nitrogens is 2. The van der Waals surface area contributed by atoms with Gasteiger partial charge < -0.3 is 9.80 Å². The predicted octanol–water partition coefficient (Wildman–Crippen LogP) is 4.22. The first-order chi connectivity index (χ1) is 19.6. The topological polar surface area (TPSA) is 131 Å². The summed E-state index contributed by atoms with van der Waals surface area (Å²) in [4.78, 5) is 29.9. The molecule has 0 bridgehead atoms. The molecule has 1 aliphatic rings. The maximum absolute atomic E-state index is 14.2. The first-order valence-corrected chi connectivity index (χ1v) is 13.3. The van der Waals surface area contributed by atoms with Gasteiger partial charge in [0.15, 0.2) is 0 Å². The zero-order valence-electron chi connectivity index (χ0n) is 22.1. The summed E-state index contributed by atoms with van der Waals surface area (Å²) < 4.78 is 31.6. The standard InChI is InChI=1S/C27H26BCl2FN6O4/c1-15(28-40)24(22-18(29)8-9-19(31)23(22)30)41-21-14-20(34-35-25(21)32)26(38)33-17-6-4-16(5-7-17)27(39)37-11-3-10-36(2)12-13-37/h4-9,14,24H,1,3,10-13H2,2H3,(H2,32,35)(H,33,38). The summed E-state index contributed by atoms with van der Waals surface area (Å²) in [5.41, 5.74) is 6.48. The number of likely N-dealkylation sites (N-methyl/N-ethyl adjacent to an activating group) is 1. The second-order valence-electron chi connectivity index (χ2n) is 9.41. The maximum atomic E-state index is 14.2. The monoisotopic (exact) mass is 598 g/mol. The Kier molecular flexibility index (Phi) is 9.69. The van der Waals surface area contributed by atoms with Gasteiger partial charge in [0.25, 0.3) is 5.91 Å². The quantitative estimate of drug-likeness (QED) is 0.291. The molecule has 1 fully saturated rings. The van der Waals surface area contributed by atoms with Crippen LogP contribution in [0.1, 0.15) is 38.9 Å². The van der Waals surface area contributed by atoms with Crippen LogP contribution < -0.4 is 15.8 Å². The van der Waals surface area contributed by atoms with Crippen molar-refractivity contribution in [1.82, 2.24) is 20.0 Å². The fourth-order valence-corrected chi connectivity index (χ4v) is 4.77. The zero-order valence-corrected chi connectivity index (χ0v) is 23.6. The molecule has 0 radical (unpaired) electrons. The van der Waals surface area contributed by atoms with Crippen molar-refractivity contribution in [2.45, 2.75) is 12.5 Å². The second kappa shape index (κ2) is 13.2. The van der Waals surface area contributed by atoms with E-state index in [1.165, 1.54) is 12.1 Å². The summed E-state index contributed by atoms with van der Waals surface area (Å²) in [6.07, 6.45) is -0.433. The van der Waals surface area contributed by atoms with Crippen LogP contribution in [0.15, 0.2) is 54.5 Å². The molecule has 0 aliphatic carbocycles. The Bertz CT molecular complexity index is 1490. The van der Waals surface area contributed by atoms with Gasteiger partial charge in [0.2, 0.25) is 0 Å². The van der Waals surface area contributed by atoms with Crippen molar-refractivity contribution < 1.29 is 23.4 Å². The van der Waals surface area contributed by atoms with Gasteiger partial charge in [0.05, 0.1) is 0 Å². The van der Waals surface area contributed by atoms with Crippen molar-refractivity contribution in [3.63, 3.8) is 0 Å². The number of anilines is 2. The minimum atomic E-state index is -1.33. The number of nitrogens with two attached hydrogens (primary N) is 1. The molecule has 3 N–H and O–H groups in total. The van der Waals surface area contributed by atoms with Crippen LogP contribution in [0.2, 0.25) is 10.0 Å². The van der Waals surface area contributed by atoms with E-state index in [9.17, 15) is 18.7 Å². The predicted molar refractivity (Wildman–Crippen MR) is 154 cm³/mol. The number of nitrogens with one attached hydrogen (secondary N) is 1. The van der Waals surface area contributed by atoms with Gasteiger partial charge in [-0.2, -0.15) is 0 Å². The van der Waals surface area contributed by atoms with Crippen LogP contribution in [0.5, 0.6) is 5.75 Å². The van der Waals surface area contributed by atoms with E-state index >= 15 is 0 Å². The van der Waals surface area contributed by atoms with Crippen molar-refractivity contribution >= 4 is 53.7 Å². The third-order valence-electron chi connectivity index (χ3n) is 6.49. The number of hydrogen-bond acceptors (Lipinski definition) is 8. The molecular weight excluding hydrogens is 573 g/mol. The Morgan fingerprint density at radius 2 is 1.85 bits per heavy atom. The van der Waals surface area contributed by atoms with E-state index in [0.29, 0.717) is 31.5 Å². The molecule has 1 aromatic heterocycles. The Labute approximate surface area is 246 Å². The second-order valence-corrected chi connectivity index (χ2v) is 10.2. The first-order valence-electron chi connectivity index (χ1n) is 12.6. The number of rotatable bonds is 8. The number of carbonyl (C=O) groups is 2. The summed E-state index contributed by atoms with van der Waals surface area (Å²) in [5, 5.41) is 9.91. The number of halogens is 3. The van der Waals surface area contributed by atoms with Crippen molar-refractivity contribution in [3.05, 3.63) is 87.2 Å². The van der Waals surface area contributed by atoms with E-state index in [1.54, 1.807) is 24.3 Å². The number of carbonyl (C=O) groups excluding carboxylic acids is 2. The molecule has 14 heteroatoms. The van der Waals surface area contributed by atoms with Crippen molar-refractivity contribution in [2.75, 3.05) is 44.3 Å². The number of ether oxygens (including phenoxy) is 1. The van der Waals surface area contributed by atoms with Crippen molar-refractivity contribution in [3.8, 4) is 5.75 Å². The molecule has 1 unspecified atom stereocenters. The van der Waals surface area contributed by atoms with Gasteiger partial charge in [-0.05, 0) is 20.0 Å². The molecule has 10 nitrogen and oxygen atoms in total. The van der Waals surface area contributed by atoms with Crippen LogP contribution in [0.25, 0.3) is 0 Å². The van der Waals surface area contributed by atoms with Crippen molar-refractivity contribution in [2.24, 2.45) is 0 Å². The Morgan fingerprint density at radius 3 is 2.56 bits per heavy atom. The summed E-state index contributed by atoms with van der Waals surface area (Å²) in [5.74, 6) is -1.86. The molecule has 4 rings (SSSR count). The Hall–Kier alpha value is -3.87. The van der Waals surface area contributed by atoms with E-state index < -0.39 is 17.8 Å². The molecule has 2 amide bonds. The summed E-state index contributed by atoms with van der Waals surface area (Å²) >= 11 is 12.3. The van der Waals surface area contributed by atoms with E-state index in [-0.39, 0.29) is 44.2 Å². The molecular formula is C27H26BCl2FN6O4. The summed E-state index contributed by atoms with van der Waals surface area (Å²) in [6, 6.07) is 10.0. The average molecular weight is 599 g/mol. The van der Waals surface area contributed by atoms with Gasteiger partial charge in [-0.15, -0.1) is 0 Å². The zero-order chi connectivity index (χ0) is 29.7. The fraction of sp³-hybridized carbons (Fsp3) is 0.259. The van der Waals surface area contributed by atoms with Crippen LogP contribution in [-0.2, 0) is 4.70 Å². The van der Waals surface area contributed by atoms with Crippen LogP contribution in [0.4, 0.5) is 15.9 Å². The van der Waals surface area contributed by atoms with E-state index in [1.807, 2.05) is 11.9 Å². The molecule has 1 aliphatic heterocycles. The third kappa shape index (κ3) is 7.08. The van der Waals surface area contributed by atoms with Gasteiger partial charge >= 0.3 is 187 Å². The molecule has 212 valence electrons. The third-order valence-corrected chi connectivity index (χ3v) is 7.20. The normalized spacial score (nSPS) is 14.5. The molecule has 41 heavy (non-hydrogen) atoms. The van der Waals surface area contributed by atoms with Crippen LogP contribution >= 0.6 is 23.2 Å². The molecule has 3 aromatic rings. The number of hydrogen-bond donors (Lipinski definition) is 2. The Balaban J connectivity index is 1.51. The number of benzene rings is 2. The van der Waals surface area contributed by atoms with E-state index in [0.717, 1.165) is 25.6 Å². The fourth-order valence-electron chi connectivity index (χ4n) is 4.20. The molecule has 1 saturated heterocycles. The molecule has 1 atom stereocenters.